The molecular formula is C25H24N4O5. The SMILES string of the molecule is CCn1nccc1C(=O)Nc1cccc(NC(=O)c2ccc(COc3ccccc3OC)o2)c1. The second-order valence-electron chi connectivity index (χ2n) is 7.23. The molecule has 2 N–H and O–H groups in total. The van der Waals surface area contributed by atoms with Gasteiger partial charge in [-0.2, -0.15) is 5.10 Å². The highest BCUT2D eigenvalue weighted by atomic mass is 16.5. The molecule has 34 heavy (non-hydrogen) atoms. The number of furan rings is 1. The molecule has 0 fully saturated rings. The highest BCUT2D eigenvalue weighted by molar-refractivity contribution is 6.05. The van der Waals surface area contributed by atoms with Gasteiger partial charge in [0.05, 0.1) is 7.11 Å². The van der Waals surface area contributed by atoms with E-state index in [0.29, 0.717) is 40.9 Å². The van der Waals surface area contributed by atoms with Gasteiger partial charge in [-0.1, -0.05) is 18.2 Å². The van der Waals surface area contributed by atoms with E-state index < -0.39 is 5.91 Å². The molecule has 9 nitrogen and oxygen atoms in total. The van der Waals surface area contributed by atoms with Gasteiger partial charge in [-0.05, 0) is 55.5 Å². The summed E-state index contributed by atoms with van der Waals surface area (Å²) >= 11 is 0. The summed E-state index contributed by atoms with van der Waals surface area (Å²) in [6.07, 6.45) is 1.58. The summed E-state index contributed by atoms with van der Waals surface area (Å²) in [7, 11) is 1.57. The van der Waals surface area contributed by atoms with Crippen LogP contribution in [0.2, 0.25) is 0 Å². The van der Waals surface area contributed by atoms with E-state index in [1.165, 1.54) is 0 Å². The Morgan fingerprint density at radius 2 is 1.68 bits per heavy atom. The lowest BCUT2D eigenvalue weighted by molar-refractivity contribution is 0.0990. The zero-order valence-corrected chi connectivity index (χ0v) is 18.8. The second kappa shape index (κ2) is 10.4. The minimum absolute atomic E-state index is 0.139. The molecule has 0 aliphatic heterocycles. The quantitative estimate of drug-likeness (QED) is 0.378. The van der Waals surface area contributed by atoms with Crippen molar-refractivity contribution < 1.29 is 23.5 Å². The number of amides is 2. The van der Waals surface area contributed by atoms with Gasteiger partial charge in [0, 0.05) is 24.1 Å². The molecular weight excluding hydrogens is 436 g/mol. The number of anilines is 2. The summed E-state index contributed by atoms with van der Waals surface area (Å²) in [6, 6.07) is 19.0. The Bertz CT molecular complexity index is 1290. The number of aromatic nitrogens is 2. The normalized spacial score (nSPS) is 10.5. The molecule has 0 aliphatic carbocycles. The van der Waals surface area contributed by atoms with Crippen LogP contribution < -0.4 is 20.1 Å². The largest absolute Gasteiger partial charge is 0.493 e. The fraction of sp³-hybridized carbons (Fsp3) is 0.160. The molecule has 0 atom stereocenters. The molecule has 0 radical (unpaired) electrons. The molecule has 2 aromatic carbocycles. The van der Waals surface area contributed by atoms with Crippen LogP contribution in [0.25, 0.3) is 0 Å². The van der Waals surface area contributed by atoms with Crippen LogP contribution in [0.1, 0.15) is 33.7 Å². The van der Waals surface area contributed by atoms with Gasteiger partial charge in [-0.25, -0.2) is 0 Å². The monoisotopic (exact) mass is 460 g/mol. The lowest BCUT2D eigenvalue weighted by Crippen LogP contribution is -2.17. The van der Waals surface area contributed by atoms with E-state index in [9.17, 15) is 9.59 Å². The zero-order valence-electron chi connectivity index (χ0n) is 18.8. The predicted molar refractivity (Wildman–Crippen MR) is 126 cm³/mol. The number of carbonyl (C=O) groups excluding carboxylic acids is 2. The number of benzene rings is 2. The Morgan fingerprint density at radius 3 is 2.41 bits per heavy atom. The van der Waals surface area contributed by atoms with Gasteiger partial charge in [0.1, 0.15) is 18.1 Å². The molecule has 2 amide bonds. The van der Waals surface area contributed by atoms with E-state index in [1.807, 2.05) is 19.1 Å². The van der Waals surface area contributed by atoms with E-state index in [-0.39, 0.29) is 18.3 Å². The number of nitrogens with one attached hydrogen (secondary N) is 2. The van der Waals surface area contributed by atoms with Crippen LogP contribution in [0.15, 0.2) is 77.3 Å². The third-order valence-electron chi connectivity index (χ3n) is 4.95. The van der Waals surface area contributed by atoms with Crippen LogP contribution in [-0.2, 0) is 13.2 Å². The standard InChI is InChI=1S/C25H24N4O5/c1-3-29-20(13-14-26-29)24(30)27-17-7-6-8-18(15-17)28-25(31)23-12-11-19(34-23)16-33-22-10-5-4-9-21(22)32-2/h4-15H,3,16H2,1-2H3,(H,27,30)(H,28,31). The zero-order chi connectivity index (χ0) is 23.9. The third kappa shape index (κ3) is 5.26. The molecule has 0 unspecified atom stereocenters. The van der Waals surface area contributed by atoms with Gasteiger partial charge in [0.25, 0.3) is 11.8 Å². The van der Waals surface area contributed by atoms with Crippen LogP contribution in [-0.4, -0.2) is 28.7 Å². The Hall–Kier alpha value is -4.53. The van der Waals surface area contributed by atoms with Crippen molar-refractivity contribution in [3.63, 3.8) is 0 Å². The van der Waals surface area contributed by atoms with E-state index in [1.54, 1.807) is 72.6 Å². The van der Waals surface area contributed by atoms with Gasteiger partial charge >= 0.3 is 0 Å². The van der Waals surface area contributed by atoms with Crippen molar-refractivity contribution in [3.05, 3.63) is 90.1 Å². The maximum Gasteiger partial charge on any atom is 0.291 e. The molecule has 0 saturated carbocycles. The molecule has 4 rings (SSSR count). The number of methoxy groups -OCH3 is 1. The number of ether oxygens (including phenoxy) is 2. The number of hydrogen-bond donors (Lipinski definition) is 2. The summed E-state index contributed by atoms with van der Waals surface area (Å²) in [5.74, 6) is 1.11. The molecule has 9 heteroatoms. The Balaban J connectivity index is 1.37. The van der Waals surface area contributed by atoms with Crippen molar-refractivity contribution in [2.75, 3.05) is 17.7 Å². The summed E-state index contributed by atoms with van der Waals surface area (Å²) in [6.45, 7) is 2.63. The number of nitrogens with zero attached hydrogens (tertiary/aromatic N) is 2. The van der Waals surface area contributed by atoms with Crippen LogP contribution in [0.5, 0.6) is 11.5 Å². The third-order valence-corrected chi connectivity index (χ3v) is 4.95. The fourth-order valence-corrected chi connectivity index (χ4v) is 3.30. The Labute approximate surface area is 196 Å². The number of hydrogen-bond acceptors (Lipinski definition) is 6. The van der Waals surface area contributed by atoms with Crippen LogP contribution >= 0.6 is 0 Å². The molecule has 2 aromatic heterocycles. The number of para-hydroxylation sites is 2. The van der Waals surface area contributed by atoms with Crippen LogP contribution in [0, 0.1) is 0 Å². The van der Waals surface area contributed by atoms with Crippen molar-refractivity contribution in [1.82, 2.24) is 9.78 Å². The lowest BCUT2D eigenvalue weighted by atomic mass is 10.2. The minimum atomic E-state index is -0.420. The van der Waals surface area contributed by atoms with E-state index in [0.717, 1.165) is 0 Å². The first-order chi connectivity index (χ1) is 16.6. The summed E-state index contributed by atoms with van der Waals surface area (Å²) < 4.78 is 18.2. The van der Waals surface area contributed by atoms with E-state index >= 15 is 0 Å². The van der Waals surface area contributed by atoms with Gasteiger partial charge < -0.3 is 24.5 Å². The van der Waals surface area contributed by atoms with Crippen LogP contribution in [0.3, 0.4) is 0 Å². The number of rotatable bonds is 9. The predicted octanol–water partition coefficient (Wildman–Crippen LogP) is 4.59. The summed E-state index contributed by atoms with van der Waals surface area (Å²) in [5.41, 5.74) is 1.50. The molecule has 0 saturated heterocycles. The van der Waals surface area contributed by atoms with Crippen molar-refractivity contribution in [3.8, 4) is 11.5 Å². The summed E-state index contributed by atoms with van der Waals surface area (Å²) in [5, 5.41) is 9.69. The molecule has 2 heterocycles. The fourth-order valence-electron chi connectivity index (χ4n) is 3.30. The highest BCUT2D eigenvalue weighted by Gasteiger charge is 2.14. The van der Waals surface area contributed by atoms with Crippen molar-refractivity contribution in [2.45, 2.75) is 20.1 Å². The first-order valence-corrected chi connectivity index (χ1v) is 10.7. The molecule has 174 valence electrons. The Morgan fingerprint density at radius 1 is 0.941 bits per heavy atom. The van der Waals surface area contributed by atoms with Crippen molar-refractivity contribution in [1.29, 1.82) is 0 Å². The molecule has 4 aromatic rings. The van der Waals surface area contributed by atoms with Gasteiger partial charge in [0.2, 0.25) is 0 Å². The van der Waals surface area contributed by atoms with Gasteiger partial charge in [-0.15, -0.1) is 0 Å². The molecule has 0 aliphatic rings. The lowest BCUT2D eigenvalue weighted by Gasteiger charge is -2.09. The number of carbonyl (C=O) groups is 2. The molecule has 0 bridgehead atoms. The van der Waals surface area contributed by atoms with Crippen LogP contribution in [0.4, 0.5) is 11.4 Å². The molecule has 0 spiro atoms. The van der Waals surface area contributed by atoms with E-state index in [2.05, 4.69) is 15.7 Å². The number of aryl methyl sites for hydroxylation is 1. The van der Waals surface area contributed by atoms with E-state index in [4.69, 9.17) is 13.9 Å². The highest BCUT2D eigenvalue weighted by Crippen LogP contribution is 2.27. The average molecular weight is 460 g/mol. The maximum atomic E-state index is 12.6. The van der Waals surface area contributed by atoms with Crippen molar-refractivity contribution in [2.24, 2.45) is 0 Å². The second-order valence-corrected chi connectivity index (χ2v) is 7.23. The Kier molecular flexibility index (Phi) is 6.92. The van der Waals surface area contributed by atoms with Gasteiger partial charge in [-0.3, -0.25) is 14.3 Å². The first kappa shape index (κ1) is 22.7. The summed E-state index contributed by atoms with van der Waals surface area (Å²) in [4.78, 5) is 25.2. The first-order valence-electron chi connectivity index (χ1n) is 10.7. The maximum absolute atomic E-state index is 12.6. The topological polar surface area (TPSA) is 108 Å². The minimum Gasteiger partial charge on any atom is -0.493 e. The average Bonchev–Trinajstić information content (AvgIpc) is 3.53. The van der Waals surface area contributed by atoms with Crippen molar-refractivity contribution >= 4 is 23.2 Å². The van der Waals surface area contributed by atoms with Gasteiger partial charge in [0.15, 0.2) is 17.3 Å². The smallest absolute Gasteiger partial charge is 0.291 e.